The van der Waals surface area contributed by atoms with Crippen molar-refractivity contribution in [1.82, 2.24) is 14.8 Å². The maximum absolute atomic E-state index is 12.9. The van der Waals surface area contributed by atoms with Crippen LogP contribution < -0.4 is 10.2 Å². The number of sulfonamides is 1. The Labute approximate surface area is 171 Å². The van der Waals surface area contributed by atoms with E-state index in [1.807, 2.05) is 37.4 Å². The molecule has 1 fully saturated rings. The molecule has 0 radical (unpaired) electrons. The van der Waals surface area contributed by atoms with E-state index in [9.17, 15) is 13.2 Å². The smallest absolute Gasteiger partial charge is 0.248 e. The molecule has 29 heavy (non-hydrogen) atoms. The Kier molecular flexibility index (Phi) is 6.59. The number of para-hydroxylation sites is 1. The van der Waals surface area contributed by atoms with Gasteiger partial charge in [-0.1, -0.05) is 23.4 Å². The highest BCUT2D eigenvalue weighted by molar-refractivity contribution is 7.89. The lowest BCUT2D eigenvalue weighted by Crippen LogP contribution is -2.44. The highest BCUT2D eigenvalue weighted by Crippen LogP contribution is 2.27. The molecule has 0 bridgehead atoms. The summed E-state index contributed by atoms with van der Waals surface area (Å²) >= 11 is 0. The number of aryl methyl sites for hydroxylation is 2. The van der Waals surface area contributed by atoms with Crippen molar-refractivity contribution >= 4 is 21.6 Å². The van der Waals surface area contributed by atoms with E-state index in [4.69, 9.17) is 4.52 Å². The number of hydrogen-bond donors (Lipinski definition) is 1. The van der Waals surface area contributed by atoms with Crippen molar-refractivity contribution in [2.45, 2.75) is 31.6 Å². The molecule has 1 amide bonds. The van der Waals surface area contributed by atoms with Crippen LogP contribution in [-0.2, 0) is 14.8 Å². The van der Waals surface area contributed by atoms with Crippen LogP contribution in [-0.4, -0.2) is 57.0 Å². The summed E-state index contributed by atoms with van der Waals surface area (Å²) in [4.78, 5) is 14.7. The number of anilines is 1. The second-order valence-corrected chi connectivity index (χ2v) is 9.25. The normalized spacial score (nSPS) is 16.0. The lowest BCUT2D eigenvalue weighted by atomic mass is 9.97. The molecule has 0 unspecified atom stereocenters. The molecule has 8 nitrogen and oxygen atoms in total. The predicted octanol–water partition coefficient (Wildman–Crippen LogP) is 1.94. The van der Waals surface area contributed by atoms with Crippen LogP contribution in [0, 0.1) is 19.8 Å². The third-order valence-electron chi connectivity index (χ3n) is 5.33. The number of piperidine rings is 1. The first-order chi connectivity index (χ1) is 13.8. The van der Waals surface area contributed by atoms with Crippen molar-refractivity contribution in [1.29, 1.82) is 0 Å². The molecule has 1 aliphatic rings. The van der Waals surface area contributed by atoms with Crippen molar-refractivity contribution in [2.75, 3.05) is 38.1 Å². The molecule has 9 heteroatoms. The lowest BCUT2D eigenvalue weighted by Gasteiger charge is -2.30. The van der Waals surface area contributed by atoms with Crippen molar-refractivity contribution < 1.29 is 17.7 Å². The van der Waals surface area contributed by atoms with E-state index >= 15 is 0 Å². The fraction of sp³-hybridized carbons (Fsp3) is 0.500. The fourth-order valence-corrected chi connectivity index (χ4v) is 5.39. The Morgan fingerprint density at radius 2 is 1.90 bits per heavy atom. The predicted molar refractivity (Wildman–Crippen MR) is 110 cm³/mol. The zero-order valence-electron chi connectivity index (χ0n) is 17.1. The van der Waals surface area contributed by atoms with E-state index < -0.39 is 10.0 Å². The first kappa shape index (κ1) is 21.3. The van der Waals surface area contributed by atoms with E-state index in [1.54, 1.807) is 13.8 Å². The van der Waals surface area contributed by atoms with Crippen molar-refractivity contribution in [3.8, 4) is 0 Å². The molecule has 3 rings (SSSR count). The molecule has 0 atom stereocenters. The van der Waals surface area contributed by atoms with Gasteiger partial charge in [0, 0.05) is 44.8 Å². The summed E-state index contributed by atoms with van der Waals surface area (Å²) in [6, 6.07) is 9.98. The number of nitrogens with one attached hydrogen (secondary N) is 1. The Morgan fingerprint density at radius 3 is 2.48 bits per heavy atom. The number of likely N-dealkylation sites (N-methyl/N-ethyl adjacent to an activating group) is 1. The molecule has 158 valence electrons. The number of hydrogen-bond acceptors (Lipinski definition) is 6. The second kappa shape index (κ2) is 8.96. The van der Waals surface area contributed by atoms with E-state index in [-0.39, 0.29) is 16.7 Å². The Morgan fingerprint density at radius 1 is 1.24 bits per heavy atom. The lowest BCUT2D eigenvalue weighted by molar-refractivity contribution is -0.126. The quantitative estimate of drug-likeness (QED) is 0.736. The van der Waals surface area contributed by atoms with E-state index in [1.165, 1.54) is 4.31 Å². The number of amides is 1. The summed E-state index contributed by atoms with van der Waals surface area (Å²) in [6.07, 6.45) is 1.01. The van der Waals surface area contributed by atoms with Gasteiger partial charge in [-0.25, -0.2) is 8.42 Å². The van der Waals surface area contributed by atoms with E-state index in [2.05, 4.69) is 15.4 Å². The van der Waals surface area contributed by atoms with Gasteiger partial charge in [0.25, 0.3) is 0 Å². The molecule has 1 aromatic heterocycles. The van der Waals surface area contributed by atoms with Crippen LogP contribution in [0.2, 0.25) is 0 Å². The minimum Gasteiger partial charge on any atom is -0.373 e. The monoisotopic (exact) mass is 420 g/mol. The molecule has 2 heterocycles. The zero-order chi connectivity index (χ0) is 21.0. The van der Waals surface area contributed by atoms with Gasteiger partial charge in [-0.2, -0.15) is 4.31 Å². The second-order valence-electron chi connectivity index (χ2n) is 7.38. The number of carbonyl (C=O) groups is 1. The van der Waals surface area contributed by atoms with Crippen LogP contribution >= 0.6 is 0 Å². The molecule has 1 aliphatic heterocycles. The first-order valence-electron chi connectivity index (χ1n) is 9.77. The Hall–Kier alpha value is -2.39. The molecule has 1 N–H and O–H groups in total. The Balaban J connectivity index is 1.48. The molecule has 1 aromatic carbocycles. The zero-order valence-corrected chi connectivity index (χ0v) is 17.9. The van der Waals surface area contributed by atoms with Gasteiger partial charge < -0.3 is 14.7 Å². The summed E-state index contributed by atoms with van der Waals surface area (Å²) in [5.74, 6) is 0.110. The van der Waals surface area contributed by atoms with Gasteiger partial charge in [-0.15, -0.1) is 0 Å². The summed E-state index contributed by atoms with van der Waals surface area (Å²) in [5, 5.41) is 6.72. The number of aromatic nitrogens is 1. The van der Waals surface area contributed by atoms with Gasteiger partial charge in [0.1, 0.15) is 10.6 Å². The number of nitrogens with zero attached hydrogens (tertiary/aromatic N) is 3. The average Bonchev–Trinajstić information content (AvgIpc) is 3.07. The largest absolute Gasteiger partial charge is 0.373 e. The third kappa shape index (κ3) is 4.79. The SMILES string of the molecule is Cc1noc(C)c1S(=O)(=O)N1CCC(C(=O)NCCN(C)c2ccccc2)CC1. The van der Waals surface area contributed by atoms with Gasteiger partial charge in [0.05, 0.1) is 0 Å². The minimum absolute atomic E-state index is 0.0131. The van der Waals surface area contributed by atoms with Gasteiger partial charge >= 0.3 is 0 Å². The third-order valence-corrected chi connectivity index (χ3v) is 7.48. The number of rotatable bonds is 7. The van der Waals surface area contributed by atoms with Gasteiger partial charge in [-0.3, -0.25) is 4.79 Å². The van der Waals surface area contributed by atoms with E-state index in [0.29, 0.717) is 50.5 Å². The maximum atomic E-state index is 12.9. The van der Waals surface area contributed by atoms with Crippen LogP contribution in [0.1, 0.15) is 24.3 Å². The van der Waals surface area contributed by atoms with Crippen molar-refractivity contribution in [3.63, 3.8) is 0 Å². The molecular weight excluding hydrogens is 392 g/mol. The van der Waals surface area contributed by atoms with Crippen LogP contribution in [0.4, 0.5) is 5.69 Å². The van der Waals surface area contributed by atoms with Crippen molar-refractivity contribution in [3.05, 3.63) is 41.8 Å². The highest BCUT2D eigenvalue weighted by Gasteiger charge is 2.35. The topological polar surface area (TPSA) is 95.8 Å². The summed E-state index contributed by atoms with van der Waals surface area (Å²) in [7, 11) is -1.66. The first-order valence-corrected chi connectivity index (χ1v) is 11.2. The van der Waals surface area contributed by atoms with Gasteiger partial charge in [-0.05, 0) is 38.8 Å². The van der Waals surface area contributed by atoms with E-state index in [0.717, 1.165) is 5.69 Å². The van der Waals surface area contributed by atoms with Crippen LogP contribution in [0.3, 0.4) is 0 Å². The fourth-order valence-electron chi connectivity index (χ4n) is 3.63. The molecular formula is C20H28N4O4S. The van der Waals surface area contributed by atoms with Crippen molar-refractivity contribution in [2.24, 2.45) is 5.92 Å². The van der Waals surface area contributed by atoms with Gasteiger partial charge in [0.15, 0.2) is 5.76 Å². The van der Waals surface area contributed by atoms with Crippen LogP contribution in [0.25, 0.3) is 0 Å². The average molecular weight is 421 g/mol. The summed E-state index contributed by atoms with van der Waals surface area (Å²) < 4.78 is 32.2. The van der Waals surface area contributed by atoms with Gasteiger partial charge in [0.2, 0.25) is 15.9 Å². The summed E-state index contributed by atoms with van der Waals surface area (Å²) in [6.45, 7) is 5.09. The van der Waals surface area contributed by atoms with Crippen LogP contribution in [0.5, 0.6) is 0 Å². The minimum atomic E-state index is -3.65. The maximum Gasteiger partial charge on any atom is 0.248 e. The highest BCUT2D eigenvalue weighted by atomic mass is 32.2. The summed E-state index contributed by atoms with van der Waals surface area (Å²) in [5.41, 5.74) is 1.46. The van der Waals surface area contributed by atoms with Crippen LogP contribution in [0.15, 0.2) is 39.8 Å². The number of carbonyl (C=O) groups excluding carboxylic acids is 1. The standard InChI is InChI=1S/C20H28N4O4S/c1-15-19(16(2)28-22-15)29(26,27)24-12-9-17(10-13-24)20(25)21-11-14-23(3)18-7-5-4-6-8-18/h4-8,17H,9-14H2,1-3H3,(H,21,25). The molecule has 1 saturated heterocycles. The molecule has 0 aliphatic carbocycles. The molecule has 0 saturated carbocycles. The Bertz CT molecular complexity index is 915. The molecule has 0 spiro atoms. The molecule has 2 aromatic rings. The number of benzene rings is 1.